The van der Waals surface area contributed by atoms with E-state index in [1.54, 1.807) is 17.4 Å². The molecule has 0 aliphatic carbocycles. The van der Waals surface area contributed by atoms with Crippen molar-refractivity contribution in [3.63, 3.8) is 0 Å². The number of carbonyl (C=O) groups is 1. The van der Waals surface area contributed by atoms with Gasteiger partial charge < -0.3 is 19.6 Å². The third-order valence-corrected chi connectivity index (χ3v) is 6.17. The van der Waals surface area contributed by atoms with Gasteiger partial charge in [0.2, 0.25) is 5.91 Å². The Balaban J connectivity index is 1.45. The Morgan fingerprint density at radius 1 is 1.11 bits per heavy atom. The minimum absolute atomic E-state index is 0.0777. The fraction of sp³-hybridized carbons (Fsp3) is 0.318. The largest absolute Gasteiger partial charge is 0.457 e. The summed E-state index contributed by atoms with van der Waals surface area (Å²) in [7, 11) is 0. The van der Waals surface area contributed by atoms with Crippen LogP contribution in [-0.4, -0.2) is 30.8 Å². The number of hydrogen-bond acceptors (Lipinski definition) is 5. The molecule has 1 amide bonds. The number of furan rings is 1. The molecule has 28 heavy (non-hydrogen) atoms. The molecule has 3 heterocycles. The van der Waals surface area contributed by atoms with Crippen LogP contribution >= 0.6 is 11.3 Å². The van der Waals surface area contributed by atoms with Crippen LogP contribution in [0.25, 0.3) is 10.6 Å². The van der Waals surface area contributed by atoms with Gasteiger partial charge >= 0.3 is 0 Å². The van der Waals surface area contributed by atoms with Gasteiger partial charge in [-0.1, -0.05) is 36.4 Å². The molecule has 4 rings (SSSR count). The molecule has 6 heteroatoms. The SMILES string of the molecule is O=C(NCC(O)c1ccc(-c2cccs2)o1)C1(c2ccccc2)CCOCC1. The number of aliphatic hydroxyl groups is 1. The van der Waals surface area contributed by atoms with Gasteiger partial charge in [-0.05, 0) is 42.0 Å². The molecule has 5 nitrogen and oxygen atoms in total. The predicted octanol–water partition coefficient (Wildman–Crippen LogP) is 3.91. The van der Waals surface area contributed by atoms with E-state index < -0.39 is 11.5 Å². The van der Waals surface area contributed by atoms with Crippen molar-refractivity contribution in [3.05, 3.63) is 71.3 Å². The molecule has 0 saturated carbocycles. The lowest BCUT2D eigenvalue weighted by Crippen LogP contribution is -2.48. The number of ether oxygens (including phenoxy) is 1. The third kappa shape index (κ3) is 3.76. The van der Waals surface area contributed by atoms with Gasteiger partial charge in [-0.25, -0.2) is 0 Å². The van der Waals surface area contributed by atoms with E-state index in [0.29, 0.717) is 31.8 Å². The highest BCUT2D eigenvalue weighted by Crippen LogP contribution is 2.35. The summed E-state index contributed by atoms with van der Waals surface area (Å²) in [5, 5.41) is 15.4. The molecule has 3 aromatic rings. The van der Waals surface area contributed by atoms with Crippen LogP contribution < -0.4 is 5.32 Å². The van der Waals surface area contributed by atoms with Gasteiger partial charge in [0.05, 0.1) is 16.8 Å². The van der Waals surface area contributed by atoms with Gasteiger partial charge in [-0.15, -0.1) is 11.3 Å². The first-order valence-corrected chi connectivity index (χ1v) is 10.3. The number of rotatable bonds is 6. The topological polar surface area (TPSA) is 71.7 Å². The molecule has 146 valence electrons. The zero-order valence-electron chi connectivity index (χ0n) is 15.5. The smallest absolute Gasteiger partial charge is 0.230 e. The summed E-state index contributed by atoms with van der Waals surface area (Å²) in [4.78, 5) is 14.1. The summed E-state index contributed by atoms with van der Waals surface area (Å²) in [6.07, 6.45) is 0.357. The molecule has 1 aliphatic rings. The molecule has 0 spiro atoms. The van der Waals surface area contributed by atoms with Crippen molar-refractivity contribution in [2.75, 3.05) is 19.8 Å². The summed E-state index contributed by atoms with van der Waals surface area (Å²) >= 11 is 1.58. The lowest BCUT2D eigenvalue weighted by molar-refractivity contribution is -0.131. The van der Waals surface area contributed by atoms with Crippen LogP contribution in [-0.2, 0) is 14.9 Å². The van der Waals surface area contributed by atoms with Crippen LogP contribution in [0.1, 0.15) is 30.3 Å². The molecule has 1 atom stereocenters. The van der Waals surface area contributed by atoms with Crippen molar-refractivity contribution in [1.82, 2.24) is 5.32 Å². The Morgan fingerprint density at radius 3 is 2.61 bits per heavy atom. The molecule has 1 fully saturated rings. The molecule has 1 saturated heterocycles. The van der Waals surface area contributed by atoms with Gasteiger partial charge in [0.1, 0.15) is 17.6 Å². The lowest BCUT2D eigenvalue weighted by Gasteiger charge is -2.36. The van der Waals surface area contributed by atoms with Crippen LogP contribution in [0.2, 0.25) is 0 Å². The summed E-state index contributed by atoms with van der Waals surface area (Å²) in [6, 6.07) is 17.3. The normalized spacial score (nSPS) is 17.2. The van der Waals surface area contributed by atoms with E-state index in [4.69, 9.17) is 9.15 Å². The maximum atomic E-state index is 13.1. The van der Waals surface area contributed by atoms with Crippen molar-refractivity contribution >= 4 is 17.2 Å². The second-order valence-corrected chi connectivity index (χ2v) is 7.91. The summed E-state index contributed by atoms with van der Waals surface area (Å²) < 4.78 is 11.3. The molecule has 2 N–H and O–H groups in total. The molecular weight excluding hydrogens is 374 g/mol. The Morgan fingerprint density at radius 2 is 1.89 bits per heavy atom. The quantitative estimate of drug-likeness (QED) is 0.662. The first kappa shape index (κ1) is 18.9. The van der Waals surface area contributed by atoms with Crippen molar-refractivity contribution in [1.29, 1.82) is 0 Å². The third-order valence-electron chi connectivity index (χ3n) is 5.28. The van der Waals surface area contributed by atoms with Crippen LogP contribution in [0.4, 0.5) is 0 Å². The van der Waals surface area contributed by atoms with E-state index >= 15 is 0 Å². The monoisotopic (exact) mass is 397 g/mol. The molecule has 1 unspecified atom stereocenters. The molecule has 1 aliphatic heterocycles. The maximum absolute atomic E-state index is 13.1. The Hall–Kier alpha value is -2.41. The Labute approximate surface area is 168 Å². The minimum atomic E-state index is -0.898. The predicted molar refractivity (Wildman–Crippen MR) is 108 cm³/mol. The van der Waals surface area contributed by atoms with Gasteiger partial charge in [0.15, 0.2) is 0 Å². The summed E-state index contributed by atoms with van der Waals surface area (Å²) in [5.74, 6) is 1.09. The van der Waals surface area contributed by atoms with Crippen molar-refractivity contribution < 1.29 is 19.1 Å². The van der Waals surface area contributed by atoms with E-state index in [0.717, 1.165) is 16.2 Å². The highest BCUT2D eigenvalue weighted by Gasteiger charge is 2.41. The zero-order chi connectivity index (χ0) is 19.4. The molecular formula is C22H23NO4S. The average molecular weight is 397 g/mol. The van der Waals surface area contributed by atoms with E-state index in [1.807, 2.05) is 53.9 Å². The van der Waals surface area contributed by atoms with Gasteiger partial charge in [-0.2, -0.15) is 0 Å². The Kier molecular flexibility index (Phi) is 5.62. The number of carbonyl (C=O) groups excluding carboxylic acids is 1. The zero-order valence-corrected chi connectivity index (χ0v) is 16.3. The highest BCUT2D eigenvalue weighted by atomic mass is 32.1. The van der Waals surface area contributed by atoms with Gasteiger partial charge in [0, 0.05) is 13.2 Å². The van der Waals surface area contributed by atoms with Crippen LogP contribution in [0.5, 0.6) is 0 Å². The van der Waals surface area contributed by atoms with Crippen LogP contribution in [0.15, 0.2) is 64.4 Å². The number of amides is 1. The molecule has 0 bridgehead atoms. The van der Waals surface area contributed by atoms with Gasteiger partial charge in [0.25, 0.3) is 0 Å². The van der Waals surface area contributed by atoms with Gasteiger partial charge in [-0.3, -0.25) is 4.79 Å². The number of aliphatic hydroxyl groups excluding tert-OH is 1. The average Bonchev–Trinajstić information content (AvgIpc) is 3.44. The molecule has 0 radical (unpaired) electrons. The number of nitrogens with one attached hydrogen (secondary N) is 1. The number of thiophene rings is 1. The van der Waals surface area contributed by atoms with E-state index in [-0.39, 0.29) is 12.5 Å². The minimum Gasteiger partial charge on any atom is -0.457 e. The van der Waals surface area contributed by atoms with E-state index in [1.165, 1.54) is 0 Å². The van der Waals surface area contributed by atoms with Crippen molar-refractivity contribution in [3.8, 4) is 10.6 Å². The number of hydrogen-bond donors (Lipinski definition) is 2. The highest BCUT2D eigenvalue weighted by molar-refractivity contribution is 7.13. The van der Waals surface area contributed by atoms with Crippen molar-refractivity contribution in [2.45, 2.75) is 24.4 Å². The van der Waals surface area contributed by atoms with Crippen LogP contribution in [0, 0.1) is 0 Å². The fourth-order valence-corrected chi connectivity index (χ4v) is 4.35. The van der Waals surface area contributed by atoms with E-state index in [2.05, 4.69) is 5.32 Å². The lowest BCUT2D eigenvalue weighted by atomic mass is 9.73. The molecule has 2 aromatic heterocycles. The second-order valence-electron chi connectivity index (χ2n) is 6.97. The first-order chi connectivity index (χ1) is 13.7. The summed E-state index contributed by atoms with van der Waals surface area (Å²) in [6.45, 7) is 1.20. The Bertz CT molecular complexity index is 898. The van der Waals surface area contributed by atoms with E-state index in [9.17, 15) is 9.90 Å². The second kappa shape index (κ2) is 8.31. The fourth-order valence-electron chi connectivity index (χ4n) is 3.67. The standard InChI is InChI=1S/C22H23NO4S/c24-17(18-8-9-19(27-18)20-7-4-14-28-20)15-23-21(25)22(10-12-26-13-11-22)16-5-2-1-3-6-16/h1-9,14,17,24H,10-13,15H2,(H,23,25). The first-order valence-electron chi connectivity index (χ1n) is 9.42. The van der Waals surface area contributed by atoms with Crippen molar-refractivity contribution in [2.24, 2.45) is 0 Å². The van der Waals surface area contributed by atoms with Crippen LogP contribution in [0.3, 0.4) is 0 Å². The molecule has 1 aromatic carbocycles. The summed E-state index contributed by atoms with van der Waals surface area (Å²) in [5.41, 5.74) is 0.369. The number of benzene rings is 1. The maximum Gasteiger partial charge on any atom is 0.230 e.